The Kier molecular flexibility index (Phi) is 5.40. The number of benzene rings is 1. The van der Waals surface area contributed by atoms with Gasteiger partial charge in [-0.2, -0.15) is 0 Å². The molecule has 0 unspecified atom stereocenters. The molecule has 1 aromatic carbocycles. The van der Waals surface area contributed by atoms with Gasteiger partial charge in [0.25, 0.3) is 5.56 Å². The maximum Gasteiger partial charge on any atom is 0.337 e. The van der Waals surface area contributed by atoms with Crippen LogP contribution < -0.4 is 10.3 Å². The third-order valence-electron chi connectivity index (χ3n) is 4.24. The topological polar surface area (TPSA) is 97.2 Å². The van der Waals surface area contributed by atoms with Crippen molar-refractivity contribution in [3.05, 3.63) is 64.2 Å². The number of rotatable bonds is 7. The Morgan fingerprint density at radius 1 is 1.30 bits per heavy atom. The monoisotopic (exact) mass is 367 g/mol. The number of aromatic carboxylic acids is 1. The second-order valence-electron chi connectivity index (χ2n) is 6.22. The van der Waals surface area contributed by atoms with Crippen molar-refractivity contribution >= 4 is 5.97 Å². The Morgan fingerprint density at radius 3 is 2.74 bits per heavy atom. The largest absolute Gasteiger partial charge is 0.493 e. The number of aromatic amines is 1. The molecule has 7 nitrogen and oxygen atoms in total. The quantitative estimate of drug-likeness (QED) is 0.624. The van der Waals surface area contributed by atoms with Crippen molar-refractivity contribution in [2.75, 3.05) is 6.61 Å². The lowest BCUT2D eigenvalue weighted by atomic mass is 10.1. The standard InChI is InChI=1S/C20H21N3O4/c1-3-4-9-27-17-7-5-14(10-13(17)2)16-12-22-23(19(16)24)18-8-6-15(11-21-18)20(25)26/h5-8,10-12,22H,3-4,9H2,1-2H3,(H,25,26). The minimum absolute atomic E-state index is 0.0628. The van der Waals surface area contributed by atoms with Crippen molar-refractivity contribution in [1.29, 1.82) is 0 Å². The van der Waals surface area contributed by atoms with Gasteiger partial charge < -0.3 is 9.84 Å². The molecule has 0 spiro atoms. The number of aryl methyl sites for hydroxylation is 1. The predicted octanol–water partition coefficient (Wildman–Crippen LogP) is 3.41. The molecule has 0 saturated carbocycles. The van der Waals surface area contributed by atoms with Crippen LogP contribution in [0.2, 0.25) is 0 Å². The van der Waals surface area contributed by atoms with Gasteiger partial charge in [-0.1, -0.05) is 19.4 Å². The maximum atomic E-state index is 12.7. The average Bonchev–Trinajstić information content (AvgIpc) is 3.04. The van der Waals surface area contributed by atoms with Crippen LogP contribution in [0.1, 0.15) is 35.7 Å². The highest BCUT2D eigenvalue weighted by Crippen LogP contribution is 2.24. The van der Waals surface area contributed by atoms with Crippen molar-refractivity contribution in [2.45, 2.75) is 26.7 Å². The van der Waals surface area contributed by atoms with Gasteiger partial charge in [0.15, 0.2) is 5.82 Å². The molecule has 0 fully saturated rings. The normalized spacial score (nSPS) is 10.7. The molecule has 0 bridgehead atoms. The molecule has 0 aliphatic heterocycles. The number of aromatic nitrogens is 3. The van der Waals surface area contributed by atoms with Gasteiger partial charge in [0, 0.05) is 12.4 Å². The molecule has 0 amide bonds. The maximum absolute atomic E-state index is 12.7. The molecule has 27 heavy (non-hydrogen) atoms. The molecule has 0 aliphatic rings. The third kappa shape index (κ3) is 3.92. The summed E-state index contributed by atoms with van der Waals surface area (Å²) in [6.07, 6.45) is 4.90. The van der Waals surface area contributed by atoms with E-state index in [1.54, 1.807) is 6.20 Å². The first-order valence-electron chi connectivity index (χ1n) is 8.75. The summed E-state index contributed by atoms with van der Waals surface area (Å²) in [7, 11) is 0. The number of pyridine rings is 1. The van der Waals surface area contributed by atoms with E-state index in [9.17, 15) is 9.59 Å². The number of ether oxygens (including phenoxy) is 1. The fourth-order valence-corrected chi connectivity index (χ4v) is 2.70. The summed E-state index contributed by atoms with van der Waals surface area (Å²) in [5.74, 6) is 0.0757. The van der Waals surface area contributed by atoms with E-state index in [2.05, 4.69) is 17.0 Å². The lowest BCUT2D eigenvalue weighted by molar-refractivity contribution is 0.0696. The minimum Gasteiger partial charge on any atom is -0.493 e. The highest BCUT2D eigenvalue weighted by molar-refractivity contribution is 5.87. The zero-order valence-electron chi connectivity index (χ0n) is 15.2. The summed E-state index contributed by atoms with van der Waals surface area (Å²) in [5, 5.41) is 11.8. The van der Waals surface area contributed by atoms with E-state index >= 15 is 0 Å². The Hall–Kier alpha value is -3.35. The summed E-state index contributed by atoms with van der Waals surface area (Å²) in [5.41, 5.74) is 2.04. The van der Waals surface area contributed by atoms with Crippen molar-refractivity contribution < 1.29 is 14.6 Å². The van der Waals surface area contributed by atoms with E-state index in [0.717, 1.165) is 29.7 Å². The lowest BCUT2D eigenvalue weighted by Gasteiger charge is -2.09. The van der Waals surface area contributed by atoms with Crippen LogP contribution in [0.4, 0.5) is 0 Å². The SMILES string of the molecule is CCCCOc1ccc(-c2c[nH]n(-c3ccc(C(=O)O)cn3)c2=O)cc1C. The first kappa shape index (κ1) is 18.4. The molecule has 0 saturated heterocycles. The number of nitrogens with zero attached hydrogens (tertiary/aromatic N) is 2. The van der Waals surface area contributed by atoms with Gasteiger partial charge in [0.1, 0.15) is 5.75 Å². The van der Waals surface area contributed by atoms with Crippen LogP contribution in [-0.2, 0) is 0 Å². The number of carboxylic acids is 1. The molecule has 7 heteroatoms. The van der Waals surface area contributed by atoms with Crippen LogP contribution in [0.25, 0.3) is 16.9 Å². The highest BCUT2D eigenvalue weighted by Gasteiger charge is 2.13. The zero-order valence-corrected chi connectivity index (χ0v) is 15.2. The average molecular weight is 367 g/mol. The van der Waals surface area contributed by atoms with Crippen LogP contribution in [0, 0.1) is 6.92 Å². The van der Waals surface area contributed by atoms with Gasteiger partial charge in [-0.05, 0) is 48.7 Å². The van der Waals surface area contributed by atoms with Crippen LogP contribution in [-0.4, -0.2) is 32.4 Å². The summed E-state index contributed by atoms with van der Waals surface area (Å²) in [6, 6.07) is 8.53. The molecular formula is C20H21N3O4. The molecule has 0 radical (unpaired) electrons. The molecule has 0 atom stereocenters. The van der Waals surface area contributed by atoms with Crippen LogP contribution in [0.15, 0.2) is 47.5 Å². The number of hydrogen-bond acceptors (Lipinski definition) is 4. The Bertz CT molecular complexity index is 1000. The first-order chi connectivity index (χ1) is 13.0. The second-order valence-corrected chi connectivity index (χ2v) is 6.22. The van der Waals surface area contributed by atoms with E-state index in [0.29, 0.717) is 18.0 Å². The Morgan fingerprint density at radius 2 is 2.11 bits per heavy atom. The summed E-state index contributed by atoms with van der Waals surface area (Å²) in [6.45, 7) is 4.73. The summed E-state index contributed by atoms with van der Waals surface area (Å²) < 4.78 is 7.03. The summed E-state index contributed by atoms with van der Waals surface area (Å²) >= 11 is 0. The van der Waals surface area contributed by atoms with Crippen LogP contribution in [0.3, 0.4) is 0 Å². The predicted molar refractivity (Wildman–Crippen MR) is 102 cm³/mol. The third-order valence-corrected chi connectivity index (χ3v) is 4.24. The van der Waals surface area contributed by atoms with Gasteiger partial charge in [-0.25, -0.2) is 14.5 Å². The van der Waals surface area contributed by atoms with Crippen molar-refractivity contribution in [2.24, 2.45) is 0 Å². The first-order valence-corrected chi connectivity index (χ1v) is 8.75. The van der Waals surface area contributed by atoms with E-state index in [1.165, 1.54) is 23.0 Å². The fourth-order valence-electron chi connectivity index (χ4n) is 2.70. The lowest BCUT2D eigenvalue weighted by Crippen LogP contribution is -2.17. The second kappa shape index (κ2) is 7.90. The van der Waals surface area contributed by atoms with E-state index < -0.39 is 5.97 Å². The van der Waals surface area contributed by atoms with E-state index in [4.69, 9.17) is 9.84 Å². The molecular weight excluding hydrogens is 346 g/mol. The van der Waals surface area contributed by atoms with Gasteiger partial charge >= 0.3 is 5.97 Å². The highest BCUT2D eigenvalue weighted by atomic mass is 16.5. The van der Waals surface area contributed by atoms with E-state index in [1.807, 2.05) is 25.1 Å². The minimum atomic E-state index is -1.06. The van der Waals surface area contributed by atoms with E-state index in [-0.39, 0.29) is 11.1 Å². The number of carboxylic acid groups (broad SMARTS) is 1. The van der Waals surface area contributed by atoms with Crippen molar-refractivity contribution in [1.82, 2.24) is 14.8 Å². The fraction of sp³-hybridized carbons (Fsp3) is 0.250. The molecule has 3 rings (SSSR count). The van der Waals surface area contributed by atoms with Gasteiger partial charge in [-0.15, -0.1) is 0 Å². The summed E-state index contributed by atoms with van der Waals surface area (Å²) in [4.78, 5) is 27.7. The Balaban J connectivity index is 1.88. The zero-order chi connectivity index (χ0) is 19.4. The van der Waals surface area contributed by atoms with Gasteiger partial charge in [0.2, 0.25) is 0 Å². The molecule has 2 heterocycles. The van der Waals surface area contributed by atoms with Gasteiger partial charge in [-0.3, -0.25) is 9.89 Å². The molecule has 2 N–H and O–H groups in total. The number of nitrogens with one attached hydrogen (secondary N) is 1. The van der Waals surface area contributed by atoms with Crippen molar-refractivity contribution in [3.63, 3.8) is 0 Å². The van der Waals surface area contributed by atoms with Gasteiger partial charge in [0.05, 0.1) is 17.7 Å². The number of hydrogen-bond donors (Lipinski definition) is 2. The molecule has 0 aliphatic carbocycles. The van der Waals surface area contributed by atoms with Crippen molar-refractivity contribution in [3.8, 4) is 22.7 Å². The molecule has 2 aromatic heterocycles. The molecule has 3 aromatic rings. The Labute approximate surface area is 156 Å². The smallest absolute Gasteiger partial charge is 0.337 e. The van der Waals surface area contributed by atoms with Crippen LogP contribution in [0.5, 0.6) is 5.75 Å². The number of carbonyl (C=O) groups is 1. The number of unbranched alkanes of at least 4 members (excludes halogenated alkanes) is 1. The molecule has 140 valence electrons. The number of H-pyrrole nitrogens is 1. The van der Waals surface area contributed by atoms with Crippen LogP contribution >= 0.6 is 0 Å².